The summed E-state index contributed by atoms with van der Waals surface area (Å²) in [5.74, 6) is 0.886. The zero-order chi connectivity index (χ0) is 14.7. The van der Waals surface area contributed by atoms with Crippen LogP contribution >= 0.6 is 0 Å². The van der Waals surface area contributed by atoms with Crippen LogP contribution in [-0.2, 0) is 0 Å². The Kier molecular flexibility index (Phi) is 3.51. The van der Waals surface area contributed by atoms with E-state index in [1.165, 1.54) is 0 Å². The monoisotopic (exact) mass is 283 g/mol. The molecule has 21 heavy (non-hydrogen) atoms. The molecule has 1 aromatic heterocycles. The van der Waals surface area contributed by atoms with E-state index in [1.54, 1.807) is 31.3 Å². The lowest BCUT2D eigenvalue weighted by atomic mass is 10.2. The van der Waals surface area contributed by atoms with Gasteiger partial charge in [-0.3, -0.25) is 9.78 Å². The number of carbonyl (C=O) groups is 1. The van der Waals surface area contributed by atoms with Crippen LogP contribution < -0.4 is 14.9 Å². The second-order valence-electron chi connectivity index (χ2n) is 4.42. The fourth-order valence-electron chi connectivity index (χ4n) is 1.87. The van der Waals surface area contributed by atoms with Crippen molar-refractivity contribution in [1.82, 2.24) is 10.4 Å². The Labute approximate surface area is 121 Å². The van der Waals surface area contributed by atoms with Gasteiger partial charge in [-0.1, -0.05) is 6.07 Å². The minimum atomic E-state index is -0.316. The maximum absolute atomic E-state index is 12.0. The van der Waals surface area contributed by atoms with Crippen LogP contribution in [-0.4, -0.2) is 23.4 Å². The number of carbonyl (C=O) groups excluding carboxylic acids is 1. The third-order valence-corrected chi connectivity index (χ3v) is 3.00. The second kappa shape index (κ2) is 5.62. The number of amides is 1. The first-order valence-corrected chi connectivity index (χ1v) is 6.40. The zero-order valence-electron chi connectivity index (χ0n) is 11.4. The molecule has 1 aliphatic heterocycles. The third-order valence-electron chi connectivity index (χ3n) is 3.00. The van der Waals surface area contributed by atoms with Gasteiger partial charge in [-0.25, -0.2) is 5.43 Å². The summed E-state index contributed by atoms with van der Waals surface area (Å²) < 4.78 is 10.4. The van der Waals surface area contributed by atoms with Crippen molar-refractivity contribution in [2.24, 2.45) is 5.10 Å². The van der Waals surface area contributed by atoms with E-state index in [0.29, 0.717) is 28.5 Å². The van der Waals surface area contributed by atoms with Crippen LogP contribution in [0.25, 0.3) is 0 Å². The number of ether oxygens (including phenoxy) is 2. The summed E-state index contributed by atoms with van der Waals surface area (Å²) in [6.07, 6.45) is 1.67. The summed E-state index contributed by atoms with van der Waals surface area (Å²) >= 11 is 0. The van der Waals surface area contributed by atoms with Gasteiger partial charge in [0.25, 0.3) is 5.91 Å². The number of nitrogens with zero attached hydrogens (tertiary/aromatic N) is 2. The number of nitrogens with one attached hydrogen (secondary N) is 1. The van der Waals surface area contributed by atoms with E-state index < -0.39 is 0 Å². The SMILES string of the molecule is CC(=NNC(=O)c1ccc2c(c1)OCO2)c1ccccn1. The van der Waals surface area contributed by atoms with Gasteiger partial charge in [0.1, 0.15) is 0 Å². The molecule has 0 fully saturated rings. The molecule has 0 bridgehead atoms. The van der Waals surface area contributed by atoms with Crippen LogP contribution in [0.1, 0.15) is 23.0 Å². The largest absolute Gasteiger partial charge is 0.454 e. The van der Waals surface area contributed by atoms with E-state index in [1.807, 2.05) is 18.2 Å². The highest BCUT2D eigenvalue weighted by Crippen LogP contribution is 2.32. The number of pyridine rings is 1. The highest BCUT2D eigenvalue weighted by molar-refractivity contribution is 5.99. The van der Waals surface area contributed by atoms with Gasteiger partial charge in [0, 0.05) is 11.8 Å². The normalized spacial score (nSPS) is 13.1. The summed E-state index contributed by atoms with van der Waals surface area (Å²) in [5.41, 5.74) is 4.30. The second-order valence-corrected chi connectivity index (χ2v) is 4.42. The first-order valence-electron chi connectivity index (χ1n) is 6.40. The fourth-order valence-corrected chi connectivity index (χ4v) is 1.87. The molecule has 0 spiro atoms. The van der Waals surface area contributed by atoms with E-state index in [-0.39, 0.29) is 12.7 Å². The molecule has 0 saturated heterocycles. The molecule has 2 heterocycles. The van der Waals surface area contributed by atoms with Crippen molar-refractivity contribution in [2.75, 3.05) is 6.79 Å². The molecule has 0 unspecified atom stereocenters. The molecular formula is C15H13N3O3. The molecule has 1 amide bonds. The maximum atomic E-state index is 12.0. The smallest absolute Gasteiger partial charge is 0.271 e. The van der Waals surface area contributed by atoms with Crippen LogP contribution in [0.3, 0.4) is 0 Å². The average Bonchev–Trinajstić information content (AvgIpc) is 3.00. The van der Waals surface area contributed by atoms with E-state index >= 15 is 0 Å². The Hall–Kier alpha value is -2.89. The number of hydrazone groups is 1. The predicted molar refractivity (Wildman–Crippen MR) is 76.5 cm³/mol. The summed E-state index contributed by atoms with van der Waals surface area (Å²) in [7, 11) is 0. The third kappa shape index (κ3) is 2.84. The van der Waals surface area contributed by atoms with E-state index in [2.05, 4.69) is 15.5 Å². The molecular weight excluding hydrogens is 270 g/mol. The number of hydrogen-bond donors (Lipinski definition) is 1. The van der Waals surface area contributed by atoms with Gasteiger partial charge in [-0.05, 0) is 37.3 Å². The molecule has 1 aliphatic rings. The summed E-state index contributed by atoms with van der Waals surface area (Å²) in [6.45, 7) is 1.96. The Morgan fingerprint density at radius 1 is 1.24 bits per heavy atom. The lowest BCUT2D eigenvalue weighted by Crippen LogP contribution is -2.19. The molecule has 0 saturated carbocycles. The number of hydrogen-bond acceptors (Lipinski definition) is 5. The summed E-state index contributed by atoms with van der Waals surface area (Å²) in [4.78, 5) is 16.2. The molecule has 6 nitrogen and oxygen atoms in total. The van der Waals surface area contributed by atoms with Crippen molar-refractivity contribution < 1.29 is 14.3 Å². The first kappa shape index (κ1) is 13.1. The van der Waals surface area contributed by atoms with E-state index in [9.17, 15) is 4.79 Å². The van der Waals surface area contributed by atoms with Crippen LogP contribution in [0.5, 0.6) is 11.5 Å². The van der Waals surface area contributed by atoms with Crippen LogP contribution in [0.15, 0.2) is 47.7 Å². The number of aromatic nitrogens is 1. The Bertz CT molecular complexity index is 699. The summed E-state index contributed by atoms with van der Waals surface area (Å²) in [5, 5.41) is 4.05. The van der Waals surface area contributed by atoms with Gasteiger partial charge in [-0.15, -0.1) is 0 Å². The van der Waals surface area contributed by atoms with Crippen molar-refractivity contribution >= 4 is 11.6 Å². The molecule has 2 aromatic rings. The molecule has 0 radical (unpaired) electrons. The number of rotatable bonds is 3. The number of benzene rings is 1. The first-order chi connectivity index (χ1) is 10.2. The van der Waals surface area contributed by atoms with Gasteiger partial charge < -0.3 is 9.47 Å². The molecule has 3 rings (SSSR count). The van der Waals surface area contributed by atoms with Gasteiger partial charge in [0.15, 0.2) is 11.5 Å². The average molecular weight is 283 g/mol. The molecule has 6 heteroatoms. The Morgan fingerprint density at radius 2 is 2.10 bits per heavy atom. The van der Waals surface area contributed by atoms with Crippen molar-refractivity contribution in [3.8, 4) is 11.5 Å². The van der Waals surface area contributed by atoms with Gasteiger partial charge in [-0.2, -0.15) is 5.10 Å². The predicted octanol–water partition coefficient (Wildman–Crippen LogP) is 1.96. The zero-order valence-corrected chi connectivity index (χ0v) is 11.4. The highest BCUT2D eigenvalue weighted by atomic mass is 16.7. The maximum Gasteiger partial charge on any atom is 0.271 e. The molecule has 106 valence electrons. The van der Waals surface area contributed by atoms with Crippen LogP contribution in [0.4, 0.5) is 0 Å². The highest BCUT2D eigenvalue weighted by Gasteiger charge is 2.16. The minimum absolute atomic E-state index is 0.178. The summed E-state index contributed by atoms with van der Waals surface area (Å²) in [6, 6.07) is 10.5. The lowest BCUT2D eigenvalue weighted by molar-refractivity contribution is 0.0954. The van der Waals surface area contributed by atoms with E-state index in [0.717, 1.165) is 0 Å². The topological polar surface area (TPSA) is 72.8 Å². The standard InChI is InChI=1S/C15H13N3O3/c1-10(12-4-2-3-7-16-12)17-18-15(19)11-5-6-13-14(8-11)21-9-20-13/h2-8H,9H2,1H3,(H,18,19). The lowest BCUT2D eigenvalue weighted by Gasteiger charge is -2.03. The van der Waals surface area contributed by atoms with Gasteiger partial charge in [0.05, 0.1) is 11.4 Å². The molecule has 1 N–H and O–H groups in total. The molecule has 0 aliphatic carbocycles. The molecule has 0 atom stereocenters. The minimum Gasteiger partial charge on any atom is -0.454 e. The van der Waals surface area contributed by atoms with Crippen molar-refractivity contribution in [1.29, 1.82) is 0 Å². The quantitative estimate of drug-likeness (QED) is 0.690. The van der Waals surface area contributed by atoms with Crippen LogP contribution in [0, 0.1) is 0 Å². The van der Waals surface area contributed by atoms with Crippen molar-refractivity contribution in [3.63, 3.8) is 0 Å². The molecule has 1 aromatic carbocycles. The Balaban J connectivity index is 1.72. The fraction of sp³-hybridized carbons (Fsp3) is 0.133. The van der Waals surface area contributed by atoms with Gasteiger partial charge in [0.2, 0.25) is 6.79 Å². The van der Waals surface area contributed by atoms with Gasteiger partial charge >= 0.3 is 0 Å². The van der Waals surface area contributed by atoms with Crippen LogP contribution in [0.2, 0.25) is 0 Å². The van der Waals surface area contributed by atoms with E-state index in [4.69, 9.17) is 9.47 Å². The van der Waals surface area contributed by atoms with Crippen molar-refractivity contribution in [2.45, 2.75) is 6.92 Å². The number of fused-ring (bicyclic) bond motifs is 1. The Morgan fingerprint density at radius 3 is 2.90 bits per heavy atom. The van der Waals surface area contributed by atoms with Crippen molar-refractivity contribution in [3.05, 3.63) is 53.9 Å².